The zero-order valence-corrected chi connectivity index (χ0v) is 13.4. The van der Waals surface area contributed by atoms with Gasteiger partial charge in [0, 0.05) is 0 Å². The summed E-state index contributed by atoms with van der Waals surface area (Å²) in [5.74, 6) is 0. The zero-order chi connectivity index (χ0) is 13.9. The molecule has 1 nitrogen and oxygen atoms in total. The first kappa shape index (κ1) is 13.9. The van der Waals surface area contributed by atoms with Gasteiger partial charge >= 0.3 is 0 Å². The molecule has 3 rings (SSSR count). The van der Waals surface area contributed by atoms with Gasteiger partial charge in [0.05, 0.1) is 40.9 Å². The van der Waals surface area contributed by atoms with E-state index in [4.69, 9.17) is 74.0 Å². The molecule has 0 amide bonds. The van der Waals surface area contributed by atoms with Crippen LogP contribution in [0.1, 0.15) is 0 Å². The van der Waals surface area contributed by atoms with Gasteiger partial charge in [-0.05, 0) is 12.1 Å². The highest BCUT2D eigenvalue weighted by molar-refractivity contribution is 6.53. The number of benzene rings is 2. The highest BCUT2D eigenvalue weighted by Crippen LogP contribution is 2.47. The minimum absolute atomic E-state index is 0.292. The Kier molecular flexibility index (Phi) is 3.50. The molecule has 0 spiro atoms. The second-order valence-corrected chi connectivity index (χ2v) is 6.20. The third kappa shape index (κ3) is 1.99. The van der Waals surface area contributed by atoms with Crippen LogP contribution in [0.25, 0.3) is 21.9 Å². The van der Waals surface area contributed by atoms with E-state index in [-0.39, 0.29) is 0 Å². The van der Waals surface area contributed by atoms with E-state index in [1.54, 1.807) is 0 Å². The van der Waals surface area contributed by atoms with Crippen LogP contribution in [0.15, 0.2) is 16.5 Å². The second kappa shape index (κ2) is 4.77. The lowest BCUT2D eigenvalue weighted by Gasteiger charge is -2.01. The molecule has 1 aromatic heterocycles. The number of hydrogen-bond acceptors (Lipinski definition) is 1. The maximum Gasteiger partial charge on any atom is 0.155 e. The molecule has 0 unspecified atom stereocenters. The Morgan fingerprint density at radius 1 is 0.579 bits per heavy atom. The first-order valence-corrected chi connectivity index (χ1v) is 7.21. The van der Waals surface area contributed by atoms with Gasteiger partial charge in [-0.25, -0.2) is 0 Å². The van der Waals surface area contributed by atoms with Gasteiger partial charge in [0.25, 0.3) is 0 Å². The molecule has 0 saturated carbocycles. The fourth-order valence-electron chi connectivity index (χ4n) is 1.91. The van der Waals surface area contributed by atoms with Gasteiger partial charge < -0.3 is 4.42 Å². The van der Waals surface area contributed by atoms with Gasteiger partial charge in [-0.15, -0.1) is 0 Å². The predicted octanol–water partition coefficient (Wildman–Crippen LogP) is 7.51. The van der Waals surface area contributed by atoms with Crippen molar-refractivity contribution in [3.8, 4) is 0 Å². The summed E-state index contributed by atoms with van der Waals surface area (Å²) in [6.07, 6.45) is 0. The smallest absolute Gasteiger partial charge is 0.155 e. The zero-order valence-electron chi connectivity index (χ0n) is 8.83. The van der Waals surface area contributed by atoms with Crippen molar-refractivity contribution in [1.29, 1.82) is 0 Å². The summed E-state index contributed by atoms with van der Waals surface area (Å²) >= 11 is 36.6. The van der Waals surface area contributed by atoms with E-state index in [1.807, 2.05) is 0 Å². The van der Waals surface area contributed by atoms with E-state index in [0.717, 1.165) is 0 Å². The summed E-state index contributed by atoms with van der Waals surface area (Å²) in [6, 6.07) is 3.00. The van der Waals surface area contributed by atoms with Crippen molar-refractivity contribution in [2.45, 2.75) is 0 Å². The van der Waals surface area contributed by atoms with Crippen LogP contribution >= 0.6 is 69.6 Å². The molecule has 0 bridgehead atoms. The number of fused-ring (bicyclic) bond motifs is 3. The first-order valence-electron chi connectivity index (χ1n) is 4.95. The molecule has 98 valence electrons. The van der Waals surface area contributed by atoms with Crippen molar-refractivity contribution in [3.63, 3.8) is 0 Å². The molecule has 19 heavy (non-hydrogen) atoms. The van der Waals surface area contributed by atoms with Crippen LogP contribution in [0, 0.1) is 0 Å². The summed E-state index contributed by atoms with van der Waals surface area (Å²) in [7, 11) is 0. The van der Waals surface area contributed by atoms with E-state index in [2.05, 4.69) is 0 Å². The van der Waals surface area contributed by atoms with E-state index in [0.29, 0.717) is 52.1 Å². The summed E-state index contributed by atoms with van der Waals surface area (Å²) in [6.45, 7) is 0. The van der Waals surface area contributed by atoms with Crippen molar-refractivity contribution in [2.75, 3.05) is 0 Å². The third-order valence-electron chi connectivity index (χ3n) is 2.71. The van der Waals surface area contributed by atoms with Gasteiger partial charge in [-0.2, -0.15) is 0 Å². The molecule has 0 saturated heterocycles. The van der Waals surface area contributed by atoms with Gasteiger partial charge in [0.2, 0.25) is 0 Å². The Morgan fingerprint density at radius 2 is 0.947 bits per heavy atom. The maximum atomic E-state index is 6.20. The maximum absolute atomic E-state index is 6.20. The summed E-state index contributed by atoms with van der Waals surface area (Å²) in [4.78, 5) is 0. The lowest BCUT2D eigenvalue weighted by molar-refractivity contribution is 0.669. The lowest BCUT2D eigenvalue weighted by Crippen LogP contribution is -1.77. The standard InChI is InChI=1S/C12H2Cl6O/c13-3-1-5(15)11-7(9(3)17)8-10(18)4(14)2-6(16)12(8)19-11/h1-2H. The molecule has 0 radical (unpaired) electrons. The molecule has 0 fully saturated rings. The van der Waals surface area contributed by atoms with E-state index < -0.39 is 0 Å². The Hall–Kier alpha value is -0.0200. The van der Waals surface area contributed by atoms with Crippen LogP contribution in [-0.2, 0) is 0 Å². The van der Waals surface area contributed by atoms with E-state index in [9.17, 15) is 0 Å². The topological polar surface area (TPSA) is 13.1 Å². The fraction of sp³-hybridized carbons (Fsp3) is 0. The lowest BCUT2D eigenvalue weighted by atomic mass is 10.1. The third-order valence-corrected chi connectivity index (χ3v) is 4.84. The van der Waals surface area contributed by atoms with Crippen molar-refractivity contribution in [1.82, 2.24) is 0 Å². The minimum atomic E-state index is 0.292. The number of furan rings is 1. The average Bonchev–Trinajstić information content (AvgIpc) is 2.75. The van der Waals surface area contributed by atoms with Gasteiger partial charge in [-0.3, -0.25) is 0 Å². The Bertz CT molecular complexity index is 767. The average molecular weight is 375 g/mol. The largest absolute Gasteiger partial charge is 0.453 e. The summed E-state index contributed by atoms with van der Waals surface area (Å²) in [5, 5.41) is 2.84. The molecule has 1 heterocycles. The number of halogens is 6. The quantitative estimate of drug-likeness (QED) is 0.371. The highest BCUT2D eigenvalue weighted by Gasteiger charge is 2.21. The van der Waals surface area contributed by atoms with Crippen LogP contribution in [0.4, 0.5) is 0 Å². The van der Waals surface area contributed by atoms with E-state index in [1.165, 1.54) is 12.1 Å². The molecule has 0 N–H and O–H groups in total. The van der Waals surface area contributed by atoms with Crippen LogP contribution in [-0.4, -0.2) is 0 Å². The van der Waals surface area contributed by atoms with Crippen molar-refractivity contribution < 1.29 is 4.42 Å². The Labute approximate surface area is 137 Å². The molecule has 0 atom stereocenters. The predicted molar refractivity (Wildman–Crippen MR) is 83.8 cm³/mol. The van der Waals surface area contributed by atoms with E-state index >= 15 is 0 Å². The van der Waals surface area contributed by atoms with Crippen LogP contribution in [0.5, 0.6) is 0 Å². The highest BCUT2D eigenvalue weighted by atomic mass is 35.5. The molecule has 7 heteroatoms. The minimum Gasteiger partial charge on any atom is -0.453 e. The second-order valence-electron chi connectivity index (χ2n) is 3.82. The van der Waals surface area contributed by atoms with Crippen LogP contribution in [0.2, 0.25) is 30.1 Å². The monoisotopic (exact) mass is 372 g/mol. The normalized spacial score (nSPS) is 11.7. The molecule has 2 aromatic carbocycles. The van der Waals surface area contributed by atoms with Crippen molar-refractivity contribution in [3.05, 3.63) is 42.3 Å². The number of hydrogen-bond donors (Lipinski definition) is 0. The van der Waals surface area contributed by atoms with Crippen molar-refractivity contribution >= 4 is 91.5 Å². The van der Waals surface area contributed by atoms with Gasteiger partial charge in [0.15, 0.2) is 11.2 Å². The van der Waals surface area contributed by atoms with Gasteiger partial charge in [-0.1, -0.05) is 69.6 Å². The SMILES string of the molecule is Clc1cc(Cl)c2oc3c(Cl)cc(Cl)c(Cl)c3c2c1Cl. The first-order chi connectivity index (χ1) is 8.91. The molecular weight excluding hydrogens is 373 g/mol. The van der Waals surface area contributed by atoms with Crippen LogP contribution in [0.3, 0.4) is 0 Å². The molecule has 0 aliphatic carbocycles. The van der Waals surface area contributed by atoms with Crippen LogP contribution < -0.4 is 0 Å². The molecular formula is C12H2Cl6O. The molecule has 0 aliphatic rings. The fourth-order valence-corrected chi connectivity index (χ4v) is 3.38. The Morgan fingerprint density at radius 3 is 1.32 bits per heavy atom. The molecule has 0 aliphatic heterocycles. The van der Waals surface area contributed by atoms with Gasteiger partial charge in [0.1, 0.15) is 0 Å². The Balaban J connectivity index is 2.71. The summed E-state index contributed by atoms with van der Waals surface area (Å²) in [5.41, 5.74) is 0.745. The van der Waals surface area contributed by atoms with Crippen molar-refractivity contribution in [2.24, 2.45) is 0 Å². The summed E-state index contributed by atoms with van der Waals surface area (Å²) < 4.78 is 5.64. The number of rotatable bonds is 0. The molecule has 3 aromatic rings.